The summed E-state index contributed by atoms with van der Waals surface area (Å²) in [5.41, 5.74) is 0.748. The van der Waals surface area contributed by atoms with Crippen molar-refractivity contribution in [2.75, 3.05) is 5.75 Å². The lowest BCUT2D eigenvalue weighted by molar-refractivity contribution is 0.563. The van der Waals surface area contributed by atoms with E-state index in [1.54, 1.807) is 11.8 Å². The van der Waals surface area contributed by atoms with E-state index >= 15 is 0 Å². The van der Waals surface area contributed by atoms with Crippen LogP contribution in [0.25, 0.3) is 10.9 Å². The van der Waals surface area contributed by atoms with Crippen molar-refractivity contribution >= 4 is 22.7 Å². The number of hydrogen-bond donors (Lipinski definition) is 1. The van der Waals surface area contributed by atoms with E-state index in [4.69, 9.17) is 0 Å². The Morgan fingerprint density at radius 1 is 0.917 bits per heavy atom. The SMILES string of the molecule is CCCCCCCCCCCCSc1nc2ccccc2c(=O)[nH]1. The van der Waals surface area contributed by atoms with Crippen LogP contribution in [0.2, 0.25) is 0 Å². The maximum absolute atomic E-state index is 12.0. The number of para-hydroxylation sites is 1. The quantitative estimate of drug-likeness (QED) is 0.294. The van der Waals surface area contributed by atoms with Gasteiger partial charge in [0, 0.05) is 5.75 Å². The topological polar surface area (TPSA) is 45.8 Å². The third kappa shape index (κ3) is 6.68. The minimum Gasteiger partial charge on any atom is -0.301 e. The van der Waals surface area contributed by atoms with Crippen LogP contribution in [-0.2, 0) is 0 Å². The van der Waals surface area contributed by atoms with Crippen molar-refractivity contribution in [1.82, 2.24) is 9.97 Å². The molecule has 1 N–H and O–H groups in total. The fourth-order valence-corrected chi connectivity index (χ4v) is 3.76. The number of rotatable bonds is 12. The van der Waals surface area contributed by atoms with Crippen LogP contribution in [0.15, 0.2) is 34.2 Å². The average molecular weight is 347 g/mol. The molecule has 0 bridgehead atoms. The Bertz CT molecular complexity index is 653. The predicted octanol–water partition coefficient (Wildman–Crippen LogP) is 5.94. The summed E-state index contributed by atoms with van der Waals surface area (Å²) in [6, 6.07) is 7.51. The maximum Gasteiger partial charge on any atom is 0.259 e. The van der Waals surface area contributed by atoms with Crippen molar-refractivity contribution < 1.29 is 0 Å². The van der Waals surface area contributed by atoms with Crippen molar-refractivity contribution in [1.29, 1.82) is 0 Å². The number of aromatic nitrogens is 2. The molecule has 1 heterocycles. The number of fused-ring (bicyclic) bond motifs is 1. The number of nitrogens with one attached hydrogen (secondary N) is 1. The largest absolute Gasteiger partial charge is 0.301 e. The molecule has 0 atom stereocenters. The van der Waals surface area contributed by atoms with Crippen LogP contribution >= 0.6 is 11.8 Å². The van der Waals surface area contributed by atoms with E-state index < -0.39 is 0 Å². The molecule has 3 nitrogen and oxygen atoms in total. The number of hydrogen-bond acceptors (Lipinski definition) is 3. The molecule has 0 saturated carbocycles. The third-order valence-electron chi connectivity index (χ3n) is 4.33. The summed E-state index contributed by atoms with van der Waals surface area (Å²) in [5, 5.41) is 1.41. The summed E-state index contributed by atoms with van der Waals surface area (Å²) < 4.78 is 0. The lowest BCUT2D eigenvalue weighted by atomic mass is 10.1. The van der Waals surface area contributed by atoms with Crippen molar-refractivity contribution in [2.45, 2.75) is 76.3 Å². The number of aromatic amines is 1. The standard InChI is InChI=1S/C20H30N2OS/c1-2-3-4-5-6-7-8-9-10-13-16-24-20-21-18-15-12-11-14-17(18)19(23)22-20/h11-12,14-15H,2-10,13,16H2,1H3,(H,21,22,23). The highest BCUT2D eigenvalue weighted by Gasteiger charge is 2.03. The third-order valence-corrected chi connectivity index (χ3v) is 5.29. The molecule has 2 aromatic rings. The Kier molecular flexibility index (Phi) is 8.96. The van der Waals surface area contributed by atoms with Gasteiger partial charge in [-0.2, -0.15) is 0 Å². The van der Waals surface area contributed by atoms with Crippen molar-refractivity contribution in [2.24, 2.45) is 0 Å². The highest BCUT2D eigenvalue weighted by Crippen LogP contribution is 2.17. The second-order valence-corrected chi connectivity index (χ2v) is 7.50. The van der Waals surface area contributed by atoms with Gasteiger partial charge in [-0.1, -0.05) is 88.6 Å². The highest BCUT2D eigenvalue weighted by atomic mass is 32.2. The smallest absolute Gasteiger partial charge is 0.259 e. The van der Waals surface area contributed by atoms with Gasteiger partial charge in [0.2, 0.25) is 0 Å². The number of unbranched alkanes of at least 4 members (excludes halogenated alkanes) is 9. The zero-order valence-electron chi connectivity index (χ0n) is 14.9. The highest BCUT2D eigenvalue weighted by molar-refractivity contribution is 7.99. The molecule has 132 valence electrons. The zero-order valence-corrected chi connectivity index (χ0v) is 15.7. The molecule has 0 saturated heterocycles. The van der Waals surface area contributed by atoms with E-state index in [2.05, 4.69) is 16.9 Å². The normalized spacial score (nSPS) is 11.2. The van der Waals surface area contributed by atoms with Gasteiger partial charge in [0.05, 0.1) is 10.9 Å². The Labute approximate surface area is 149 Å². The summed E-state index contributed by atoms with van der Waals surface area (Å²) >= 11 is 1.66. The molecule has 4 heteroatoms. The summed E-state index contributed by atoms with van der Waals surface area (Å²) in [6.45, 7) is 2.26. The first kappa shape index (κ1) is 19.0. The Morgan fingerprint density at radius 3 is 2.25 bits per heavy atom. The minimum absolute atomic E-state index is 0.0360. The molecule has 0 amide bonds. The Morgan fingerprint density at radius 2 is 1.54 bits per heavy atom. The monoisotopic (exact) mass is 346 g/mol. The van der Waals surface area contributed by atoms with Crippen LogP contribution in [0.5, 0.6) is 0 Å². The van der Waals surface area contributed by atoms with Gasteiger partial charge in [0.25, 0.3) is 5.56 Å². The van der Waals surface area contributed by atoms with Crippen molar-refractivity contribution in [3.8, 4) is 0 Å². The minimum atomic E-state index is -0.0360. The molecular weight excluding hydrogens is 316 g/mol. The van der Waals surface area contributed by atoms with Gasteiger partial charge in [-0.25, -0.2) is 4.98 Å². The van der Waals surface area contributed by atoms with Crippen molar-refractivity contribution in [3.63, 3.8) is 0 Å². The average Bonchev–Trinajstić information content (AvgIpc) is 2.60. The number of thioether (sulfide) groups is 1. The van der Waals surface area contributed by atoms with Crippen LogP contribution < -0.4 is 5.56 Å². The summed E-state index contributed by atoms with van der Waals surface area (Å²) in [4.78, 5) is 19.4. The van der Waals surface area contributed by atoms with Crippen LogP contribution in [0, 0.1) is 0 Å². The van der Waals surface area contributed by atoms with Gasteiger partial charge in [-0.15, -0.1) is 0 Å². The van der Waals surface area contributed by atoms with E-state index in [0.29, 0.717) is 5.39 Å². The summed E-state index contributed by atoms with van der Waals surface area (Å²) in [6.07, 6.45) is 13.5. The zero-order chi connectivity index (χ0) is 17.0. The summed E-state index contributed by atoms with van der Waals surface area (Å²) in [7, 11) is 0. The number of benzene rings is 1. The Balaban J connectivity index is 1.57. The second-order valence-electron chi connectivity index (χ2n) is 6.42. The first-order chi connectivity index (χ1) is 11.8. The van der Waals surface area contributed by atoms with E-state index in [1.165, 1.54) is 64.2 Å². The van der Waals surface area contributed by atoms with Gasteiger partial charge in [-0.3, -0.25) is 4.79 Å². The second kappa shape index (κ2) is 11.3. The van der Waals surface area contributed by atoms with E-state index in [1.807, 2.05) is 24.3 Å². The molecule has 0 radical (unpaired) electrons. The van der Waals surface area contributed by atoms with Crippen LogP contribution in [0.3, 0.4) is 0 Å². The number of nitrogens with zero attached hydrogens (tertiary/aromatic N) is 1. The molecule has 0 aliphatic rings. The molecule has 1 aromatic carbocycles. The van der Waals surface area contributed by atoms with Crippen LogP contribution in [0.1, 0.15) is 71.1 Å². The fraction of sp³-hybridized carbons (Fsp3) is 0.600. The number of H-pyrrole nitrogens is 1. The molecule has 24 heavy (non-hydrogen) atoms. The molecule has 0 spiro atoms. The van der Waals surface area contributed by atoms with Gasteiger partial charge in [0.15, 0.2) is 5.16 Å². The predicted molar refractivity (Wildman–Crippen MR) is 105 cm³/mol. The molecular formula is C20H30N2OS. The molecule has 0 aliphatic carbocycles. The lowest BCUT2D eigenvalue weighted by Gasteiger charge is -2.04. The van der Waals surface area contributed by atoms with E-state index in [9.17, 15) is 4.79 Å². The van der Waals surface area contributed by atoms with E-state index in [-0.39, 0.29) is 5.56 Å². The van der Waals surface area contributed by atoms with Crippen molar-refractivity contribution in [3.05, 3.63) is 34.6 Å². The Hall–Kier alpha value is -1.29. The molecule has 1 aromatic heterocycles. The van der Waals surface area contributed by atoms with Crippen LogP contribution in [0.4, 0.5) is 0 Å². The van der Waals surface area contributed by atoms with Gasteiger partial charge in [0.1, 0.15) is 0 Å². The maximum atomic E-state index is 12.0. The van der Waals surface area contributed by atoms with Gasteiger partial charge < -0.3 is 4.98 Å². The molecule has 0 fully saturated rings. The lowest BCUT2D eigenvalue weighted by Crippen LogP contribution is -2.09. The first-order valence-electron chi connectivity index (χ1n) is 9.43. The van der Waals surface area contributed by atoms with E-state index in [0.717, 1.165) is 16.4 Å². The summed E-state index contributed by atoms with van der Waals surface area (Å²) in [5.74, 6) is 1.03. The fourth-order valence-electron chi connectivity index (χ4n) is 2.89. The molecule has 0 aliphatic heterocycles. The van der Waals surface area contributed by atoms with Crippen LogP contribution in [-0.4, -0.2) is 15.7 Å². The first-order valence-corrected chi connectivity index (χ1v) is 10.4. The molecule has 2 rings (SSSR count). The van der Waals surface area contributed by atoms with Gasteiger partial charge >= 0.3 is 0 Å². The van der Waals surface area contributed by atoms with Gasteiger partial charge in [-0.05, 0) is 18.6 Å². The molecule has 0 unspecified atom stereocenters.